The van der Waals surface area contributed by atoms with E-state index in [0.717, 1.165) is 12.1 Å². The van der Waals surface area contributed by atoms with Gasteiger partial charge in [0, 0.05) is 12.1 Å². The molecule has 2 heterocycles. The van der Waals surface area contributed by atoms with E-state index in [1.54, 1.807) is 24.3 Å². The number of amides is 1. The summed E-state index contributed by atoms with van der Waals surface area (Å²) in [6, 6.07) is 9.89. The molecule has 1 atom stereocenters. The van der Waals surface area contributed by atoms with Gasteiger partial charge in [-0.3, -0.25) is 9.59 Å². The van der Waals surface area contributed by atoms with Crippen molar-refractivity contribution in [3.63, 3.8) is 0 Å². The number of aliphatic hydroxyl groups excluding tert-OH is 1. The molecule has 1 fully saturated rings. The summed E-state index contributed by atoms with van der Waals surface area (Å²) >= 11 is 0. The number of furan rings is 1. The Balaban J connectivity index is 2.03. The summed E-state index contributed by atoms with van der Waals surface area (Å²) in [5.41, 5.74) is 1.62. The fraction of sp³-hybridized carbons (Fsp3) is 0.333. The maximum atomic E-state index is 12.7. The van der Waals surface area contributed by atoms with Gasteiger partial charge in [0.2, 0.25) is 0 Å². The van der Waals surface area contributed by atoms with Crippen LogP contribution in [0.25, 0.3) is 5.76 Å². The molecular weight excluding hydrogens is 344 g/mol. The first-order valence-corrected chi connectivity index (χ1v) is 8.93. The molecule has 0 bridgehead atoms. The summed E-state index contributed by atoms with van der Waals surface area (Å²) in [4.78, 5) is 28.9. The van der Waals surface area contributed by atoms with Crippen molar-refractivity contribution in [3.05, 3.63) is 65.1 Å². The van der Waals surface area contributed by atoms with Crippen LogP contribution in [0.15, 0.2) is 52.7 Å². The number of rotatable bonds is 6. The van der Waals surface area contributed by atoms with Crippen molar-refractivity contribution in [1.82, 2.24) is 9.80 Å². The van der Waals surface area contributed by atoms with E-state index in [2.05, 4.69) is 0 Å². The summed E-state index contributed by atoms with van der Waals surface area (Å²) in [6.07, 6.45) is 2.21. The zero-order chi connectivity index (χ0) is 19.6. The summed E-state index contributed by atoms with van der Waals surface area (Å²) in [7, 11) is 3.91. The minimum absolute atomic E-state index is 0.0728. The Morgan fingerprint density at radius 1 is 1.19 bits per heavy atom. The topological polar surface area (TPSA) is 74.0 Å². The highest BCUT2D eigenvalue weighted by molar-refractivity contribution is 6.46. The predicted octanol–water partition coefficient (Wildman–Crippen LogP) is 2.96. The molecular formula is C21H24N2O4. The normalized spacial score (nSPS) is 19.3. The molecule has 1 N–H and O–H groups in total. The van der Waals surface area contributed by atoms with E-state index in [-0.39, 0.29) is 11.3 Å². The van der Waals surface area contributed by atoms with Crippen molar-refractivity contribution in [2.24, 2.45) is 0 Å². The molecule has 1 saturated heterocycles. The van der Waals surface area contributed by atoms with Crippen LogP contribution in [0.2, 0.25) is 0 Å². The number of aryl methyl sites for hydroxylation is 1. The minimum atomic E-state index is -0.719. The Kier molecular flexibility index (Phi) is 5.46. The summed E-state index contributed by atoms with van der Waals surface area (Å²) in [6.45, 7) is 3.13. The standard InChI is InChI=1S/C21H24N2O4/c1-14-7-9-15(10-8-14)19(24)17-18(16-6-4-13-27-16)23(21(26)20(17)25)12-5-11-22(2)3/h4,6-10,13,18,24H,5,11-12H2,1-3H3/b19-17+/t18-/m0/s1. The van der Waals surface area contributed by atoms with Crippen LogP contribution in [-0.4, -0.2) is 53.8 Å². The zero-order valence-corrected chi connectivity index (χ0v) is 15.8. The van der Waals surface area contributed by atoms with Gasteiger partial charge < -0.3 is 19.3 Å². The fourth-order valence-corrected chi connectivity index (χ4v) is 3.28. The molecule has 0 spiro atoms. The average Bonchev–Trinajstić information content (AvgIpc) is 3.24. The summed E-state index contributed by atoms with van der Waals surface area (Å²) in [5, 5.41) is 10.8. The molecule has 1 aliphatic rings. The highest BCUT2D eigenvalue weighted by atomic mass is 16.3. The minimum Gasteiger partial charge on any atom is -0.507 e. The second-order valence-electron chi connectivity index (χ2n) is 7.03. The lowest BCUT2D eigenvalue weighted by atomic mass is 9.99. The molecule has 0 unspecified atom stereocenters. The highest BCUT2D eigenvalue weighted by Crippen LogP contribution is 2.39. The number of carbonyl (C=O) groups excluding carboxylic acids is 2. The Hall–Kier alpha value is -2.86. The van der Waals surface area contributed by atoms with Gasteiger partial charge in [0.25, 0.3) is 11.7 Å². The van der Waals surface area contributed by atoms with Crippen LogP contribution < -0.4 is 0 Å². The van der Waals surface area contributed by atoms with Crippen LogP contribution in [0, 0.1) is 6.92 Å². The first-order chi connectivity index (χ1) is 12.9. The Labute approximate surface area is 158 Å². The molecule has 1 aliphatic heterocycles. The molecule has 1 amide bonds. The van der Waals surface area contributed by atoms with Crippen molar-refractivity contribution >= 4 is 17.4 Å². The van der Waals surface area contributed by atoms with Gasteiger partial charge in [-0.15, -0.1) is 0 Å². The van der Waals surface area contributed by atoms with Gasteiger partial charge in [0.05, 0.1) is 11.8 Å². The van der Waals surface area contributed by atoms with Gasteiger partial charge >= 0.3 is 0 Å². The van der Waals surface area contributed by atoms with E-state index >= 15 is 0 Å². The molecule has 27 heavy (non-hydrogen) atoms. The van der Waals surface area contributed by atoms with Crippen LogP contribution in [0.4, 0.5) is 0 Å². The number of hydrogen-bond donors (Lipinski definition) is 1. The number of aliphatic hydroxyl groups is 1. The summed E-state index contributed by atoms with van der Waals surface area (Å²) in [5.74, 6) is -0.999. The number of ketones is 1. The molecule has 3 rings (SSSR count). The number of hydrogen-bond acceptors (Lipinski definition) is 5. The van der Waals surface area contributed by atoms with Crippen LogP contribution in [0.1, 0.15) is 29.3 Å². The predicted molar refractivity (Wildman–Crippen MR) is 102 cm³/mol. The molecule has 1 aromatic carbocycles. The lowest BCUT2D eigenvalue weighted by Crippen LogP contribution is -2.32. The van der Waals surface area contributed by atoms with Crippen molar-refractivity contribution < 1.29 is 19.1 Å². The monoisotopic (exact) mass is 368 g/mol. The zero-order valence-electron chi connectivity index (χ0n) is 15.8. The molecule has 6 nitrogen and oxygen atoms in total. The molecule has 142 valence electrons. The van der Waals surface area contributed by atoms with E-state index in [1.807, 2.05) is 38.1 Å². The van der Waals surface area contributed by atoms with Crippen LogP contribution in [0.5, 0.6) is 0 Å². The van der Waals surface area contributed by atoms with Gasteiger partial charge in [0.15, 0.2) is 0 Å². The molecule has 6 heteroatoms. The van der Waals surface area contributed by atoms with E-state index in [4.69, 9.17) is 4.42 Å². The smallest absolute Gasteiger partial charge is 0.295 e. The van der Waals surface area contributed by atoms with E-state index in [0.29, 0.717) is 24.3 Å². The third-order valence-corrected chi connectivity index (χ3v) is 4.68. The lowest BCUT2D eigenvalue weighted by molar-refractivity contribution is -0.140. The second-order valence-corrected chi connectivity index (χ2v) is 7.03. The van der Waals surface area contributed by atoms with Gasteiger partial charge in [-0.05, 0) is 46.1 Å². The van der Waals surface area contributed by atoms with Crippen LogP contribution in [-0.2, 0) is 9.59 Å². The summed E-state index contributed by atoms with van der Waals surface area (Å²) < 4.78 is 5.51. The molecule has 0 saturated carbocycles. The quantitative estimate of drug-likeness (QED) is 0.482. The third kappa shape index (κ3) is 3.80. The molecule has 2 aromatic rings. The van der Waals surface area contributed by atoms with Crippen molar-refractivity contribution in [2.45, 2.75) is 19.4 Å². The van der Waals surface area contributed by atoms with Crippen molar-refractivity contribution in [3.8, 4) is 0 Å². The van der Waals surface area contributed by atoms with Crippen molar-refractivity contribution in [1.29, 1.82) is 0 Å². The Bertz CT molecular complexity index is 851. The average molecular weight is 368 g/mol. The Morgan fingerprint density at radius 2 is 1.89 bits per heavy atom. The van der Waals surface area contributed by atoms with Crippen LogP contribution in [0.3, 0.4) is 0 Å². The van der Waals surface area contributed by atoms with E-state index < -0.39 is 17.7 Å². The number of benzene rings is 1. The molecule has 0 aliphatic carbocycles. The van der Waals surface area contributed by atoms with Gasteiger partial charge in [-0.2, -0.15) is 0 Å². The SMILES string of the molecule is Cc1ccc(/C(O)=C2\C(=O)C(=O)N(CCCN(C)C)[C@H]2c2ccco2)cc1. The van der Waals surface area contributed by atoms with Gasteiger partial charge in [0.1, 0.15) is 17.6 Å². The lowest BCUT2D eigenvalue weighted by Gasteiger charge is -2.24. The maximum Gasteiger partial charge on any atom is 0.295 e. The van der Waals surface area contributed by atoms with Gasteiger partial charge in [-0.1, -0.05) is 29.8 Å². The molecule has 0 radical (unpaired) electrons. The number of likely N-dealkylation sites (tertiary alicyclic amines) is 1. The maximum absolute atomic E-state index is 12.7. The fourth-order valence-electron chi connectivity index (χ4n) is 3.28. The largest absolute Gasteiger partial charge is 0.507 e. The molecule has 1 aromatic heterocycles. The van der Waals surface area contributed by atoms with E-state index in [1.165, 1.54) is 11.2 Å². The third-order valence-electron chi connectivity index (χ3n) is 4.68. The van der Waals surface area contributed by atoms with Crippen molar-refractivity contribution in [2.75, 3.05) is 27.2 Å². The second kappa shape index (κ2) is 7.80. The highest BCUT2D eigenvalue weighted by Gasteiger charge is 2.47. The number of Topliss-reactive ketones (excluding diaryl/α,β-unsaturated/α-hetero) is 1. The Morgan fingerprint density at radius 3 is 2.48 bits per heavy atom. The number of nitrogens with zero attached hydrogens (tertiary/aromatic N) is 2. The first kappa shape index (κ1) is 18.9. The van der Waals surface area contributed by atoms with E-state index in [9.17, 15) is 14.7 Å². The number of carbonyl (C=O) groups is 2. The van der Waals surface area contributed by atoms with Crippen LogP contribution >= 0.6 is 0 Å². The first-order valence-electron chi connectivity index (χ1n) is 8.93. The van der Waals surface area contributed by atoms with Gasteiger partial charge in [-0.25, -0.2) is 0 Å².